The molecule has 1 atom stereocenters. The highest BCUT2D eigenvalue weighted by molar-refractivity contribution is 5.80. The lowest BCUT2D eigenvalue weighted by atomic mass is 9.93. The molecule has 1 aromatic carbocycles. The van der Waals surface area contributed by atoms with Crippen molar-refractivity contribution in [2.45, 2.75) is 37.6 Å². The van der Waals surface area contributed by atoms with E-state index < -0.39 is 0 Å². The highest BCUT2D eigenvalue weighted by Gasteiger charge is 2.28. The summed E-state index contributed by atoms with van der Waals surface area (Å²) in [6.45, 7) is 2.14. The number of benzene rings is 1. The molecule has 1 saturated carbocycles. The van der Waals surface area contributed by atoms with Crippen LogP contribution in [0.1, 0.15) is 37.2 Å². The van der Waals surface area contributed by atoms with Crippen molar-refractivity contribution in [3.8, 4) is 5.75 Å². The first-order chi connectivity index (χ1) is 10.3. The molecule has 1 aliphatic heterocycles. The quantitative estimate of drug-likeness (QED) is 0.686. The molecule has 1 heterocycles. The molecule has 2 aliphatic rings. The molecule has 0 radical (unpaired) electrons. The summed E-state index contributed by atoms with van der Waals surface area (Å²) in [6, 6.07) is 9.13. The van der Waals surface area contributed by atoms with E-state index in [2.05, 4.69) is 39.5 Å². The zero-order valence-corrected chi connectivity index (χ0v) is 13.0. The van der Waals surface area contributed by atoms with Crippen LogP contribution in [0.15, 0.2) is 29.3 Å². The second-order valence-corrected chi connectivity index (χ2v) is 6.02. The van der Waals surface area contributed by atoms with E-state index in [1.54, 1.807) is 7.11 Å². The molecule has 4 heteroatoms. The summed E-state index contributed by atoms with van der Waals surface area (Å²) in [5.74, 6) is 2.60. The van der Waals surface area contributed by atoms with Crippen molar-refractivity contribution >= 4 is 5.96 Å². The van der Waals surface area contributed by atoms with Crippen LogP contribution in [0, 0.1) is 0 Å². The van der Waals surface area contributed by atoms with Gasteiger partial charge in [0.15, 0.2) is 5.96 Å². The van der Waals surface area contributed by atoms with Crippen molar-refractivity contribution in [3.05, 3.63) is 29.8 Å². The summed E-state index contributed by atoms with van der Waals surface area (Å²) in [5, 5.41) is 3.59. The number of likely N-dealkylation sites (tertiary alicyclic amines) is 1. The number of hydrogen-bond donors (Lipinski definition) is 1. The van der Waals surface area contributed by atoms with Gasteiger partial charge in [0.05, 0.1) is 7.11 Å². The van der Waals surface area contributed by atoms with E-state index in [1.165, 1.54) is 31.2 Å². The monoisotopic (exact) mass is 287 g/mol. The maximum atomic E-state index is 5.23. The normalized spacial score (nSPS) is 23.0. The Kier molecular flexibility index (Phi) is 4.32. The average molecular weight is 287 g/mol. The first-order valence-electron chi connectivity index (χ1n) is 7.92. The van der Waals surface area contributed by atoms with Gasteiger partial charge in [-0.1, -0.05) is 12.1 Å². The Labute approximate surface area is 127 Å². The Hall–Kier alpha value is -1.71. The molecule has 0 spiro atoms. The predicted molar refractivity (Wildman–Crippen MR) is 86.1 cm³/mol. The SMILES string of the molecule is CN=C(NC1CCC1)N1CCC(c2ccc(OC)cc2)C1. The second-order valence-electron chi connectivity index (χ2n) is 6.02. The molecule has 4 nitrogen and oxygen atoms in total. The Bertz CT molecular complexity index is 493. The van der Waals surface area contributed by atoms with E-state index in [4.69, 9.17) is 4.74 Å². The smallest absolute Gasteiger partial charge is 0.193 e. The summed E-state index contributed by atoms with van der Waals surface area (Å²) in [7, 11) is 3.60. The predicted octanol–water partition coefficient (Wildman–Crippen LogP) is 2.61. The minimum absolute atomic E-state index is 0.593. The topological polar surface area (TPSA) is 36.9 Å². The molecule has 114 valence electrons. The van der Waals surface area contributed by atoms with Crippen molar-refractivity contribution in [1.82, 2.24) is 10.2 Å². The maximum Gasteiger partial charge on any atom is 0.193 e. The molecule has 1 saturated heterocycles. The largest absolute Gasteiger partial charge is 0.497 e. The van der Waals surface area contributed by atoms with Crippen LogP contribution in [-0.2, 0) is 0 Å². The number of hydrogen-bond acceptors (Lipinski definition) is 2. The molecular formula is C17H25N3O. The van der Waals surface area contributed by atoms with Crippen molar-refractivity contribution in [2.75, 3.05) is 27.2 Å². The van der Waals surface area contributed by atoms with E-state index in [0.717, 1.165) is 24.8 Å². The number of guanidine groups is 1. The van der Waals surface area contributed by atoms with Crippen molar-refractivity contribution in [3.63, 3.8) is 0 Å². The molecule has 0 bridgehead atoms. The minimum atomic E-state index is 0.593. The number of ether oxygens (including phenoxy) is 1. The third kappa shape index (κ3) is 3.14. The average Bonchev–Trinajstić information content (AvgIpc) is 2.96. The van der Waals surface area contributed by atoms with Gasteiger partial charge in [0.2, 0.25) is 0 Å². The Morgan fingerprint density at radius 2 is 2.00 bits per heavy atom. The Morgan fingerprint density at radius 1 is 1.24 bits per heavy atom. The van der Waals surface area contributed by atoms with Gasteiger partial charge in [0, 0.05) is 32.1 Å². The van der Waals surface area contributed by atoms with Gasteiger partial charge in [-0.05, 0) is 43.4 Å². The molecule has 1 aromatic rings. The van der Waals surface area contributed by atoms with E-state index >= 15 is 0 Å². The first-order valence-corrected chi connectivity index (χ1v) is 7.92. The van der Waals surface area contributed by atoms with Gasteiger partial charge in [0.1, 0.15) is 5.75 Å². The third-order valence-corrected chi connectivity index (χ3v) is 4.73. The van der Waals surface area contributed by atoms with Gasteiger partial charge >= 0.3 is 0 Å². The van der Waals surface area contributed by atoms with Gasteiger partial charge in [-0.2, -0.15) is 0 Å². The van der Waals surface area contributed by atoms with Crippen LogP contribution in [0.25, 0.3) is 0 Å². The van der Waals surface area contributed by atoms with E-state index in [-0.39, 0.29) is 0 Å². The molecule has 21 heavy (non-hydrogen) atoms. The molecule has 2 fully saturated rings. The highest BCUT2D eigenvalue weighted by atomic mass is 16.5. The fourth-order valence-corrected chi connectivity index (χ4v) is 3.13. The summed E-state index contributed by atoms with van der Waals surface area (Å²) in [5.41, 5.74) is 1.40. The van der Waals surface area contributed by atoms with E-state index in [1.807, 2.05) is 7.05 Å². The zero-order valence-electron chi connectivity index (χ0n) is 13.0. The van der Waals surface area contributed by atoms with Gasteiger partial charge < -0.3 is 15.0 Å². The lowest BCUT2D eigenvalue weighted by Gasteiger charge is -2.31. The van der Waals surface area contributed by atoms with Crippen LogP contribution < -0.4 is 10.1 Å². The standard InChI is InChI=1S/C17H25N3O/c1-18-17(19-15-4-3-5-15)20-11-10-14(12-20)13-6-8-16(21-2)9-7-13/h6-9,14-15H,3-5,10-12H2,1-2H3,(H,18,19). The number of rotatable bonds is 3. The van der Waals surface area contributed by atoms with Crippen LogP contribution in [-0.4, -0.2) is 44.1 Å². The minimum Gasteiger partial charge on any atom is -0.497 e. The fourth-order valence-electron chi connectivity index (χ4n) is 3.13. The Balaban J connectivity index is 1.60. The first kappa shape index (κ1) is 14.2. The van der Waals surface area contributed by atoms with Gasteiger partial charge in [0.25, 0.3) is 0 Å². The van der Waals surface area contributed by atoms with Gasteiger partial charge in [-0.15, -0.1) is 0 Å². The van der Waals surface area contributed by atoms with Crippen LogP contribution >= 0.6 is 0 Å². The zero-order chi connectivity index (χ0) is 14.7. The third-order valence-electron chi connectivity index (χ3n) is 4.73. The molecule has 1 aliphatic carbocycles. The number of methoxy groups -OCH3 is 1. The van der Waals surface area contributed by atoms with Crippen LogP contribution in [0.5, 0.6) is 5.75 Å². The number of aliphatic imine (C=N–C) groups is 1. The molecular weight excluding hydrogens is 262 g/mol. The van der Waals surface area contributed by atoms with E-state index in [9.17, 15) is 0 Å². The van der Waals surface area contributed by atoms with Crippen molar-refractivity contribution < 1.29 is 4.74 Å². The lowest BCUT2D eigenvalue weighted by molar-refractivity contribution is 0.361. The van der Waals surface area contributed by atoms with Crippen molar-refractivity contribution in [1.29, 1.82) is 0 Å². The van der Waals surface area contributed by atoms with Crippen molar-refractivity contribution in [2.24, 2.45) is 4.99 Å². The number of nitrogens with one attached hydrogen (secondary N) is 1. The van der Waals surface area contributed by atoms with E-state index in [0.29, 0.717) is 12.0 Å². The molecule has 3 rings (SSSR count). The molecule has 0 amide bonds. The fraction of sp³-hybridized carbons (Fsp3) is 0.588. The van der Waals surface area contributed by atoms with Crippen LogP contribution in [0.2, 0.25) is 0 Å². The van der Waals surface area contributed by atoms with Crippen LogP contribution in [0.4, 0.5) is 0 Å². The van der Waals surface area contributed by atoms with Crippen LogP contribution in [0.3, 0.4) is 0 Å². The summed E-state index contributed by atoms with van der Waals surface area (Å²) in [4.78, 5) is 6.85. The van der Waals surface area contributed by atoms with Gasteiger partial charge in [-0.3, -0.25) is 4.99 Å². The maximum absolute atomic E-state index is 5.23. The Morgan fingerprint density at radius 3 is 2.57 bits per heavy atom. The lowest BCUT2D eigenvalue weighted by Crippen LogP contribution is -2.47. The van der Waals surface area contributed by atoms with Gasteiger partial charge in [-0.25, -0.2) is 0 Å². The second kappa shape index (κ2) is 6.37. The number of nitrogens with zero attached hydrogens (tertiary/aromatic N) is 2. The summed E-state index contributed by atoms with van der Waals surface area (Å²) < 4.78 is 5.23. The summed E-state index contributed by atoms with van der Waals surface area (Å²) in [6.07, 6.45) is 5.12. The molecule has 1 unspecified atom stereocenters. The summed E-state index contributed by atoms with van der Waals surface area (Å²) >= 11 is 0. The molecule has 0 aromatic heterocycles. The molecule has 1 N–H and O–H groups in total. The highest BCUT2D eigenvalue weighted by Crippen LogP contribution is 2.29.